The number of carbonyl (C=O) groups excluding carboxylic acids is 2. The molecule has 4 N–H and O–H groups in total. The van der Waals surface area contributed by atoms with Gasteiger partial charge in [-0.05, 0) is 25.3 Å². The predicted octanol–water partition coefficient (Wildman–Crippen LogP) is 1.05. The van der Waals surface area contributed by atoms with Crippen LogP contribution >= 0.6 is 22.7 Å². The van der Waals surface area contributed by atoms with Gasteiger partial charge < -0.3 is 16.4 Å². The Morgan fingerprint density at radius 2 is 2.14 bits per heavy atom. The molecule has 9 heteroatoms. The van der Waals surface area contributed by atoms with Crippen LogP contribution in [-0.4, -0.2) is 34.1 Å². The number of nitrogens with one attached hydrogen (secondary N) is 2. The zero-order valence-corrected chi connectivity index (χ0v) is 13.9. The van der Waals surface area contributed by atoms with Crippen molar-refractivity contribution in [3.8, 4) is 0 Å². The fourth-order valence-corrected chi connectivity index (χ4v) is 2.91. The van der Waals surface area contributed by atoms with Gasteiger partial charge in [0, 0.05) is 13.0 Å². The highest BCUT2D eigenvalue weighted by Crippen LogP contribution is 2.12. The number of rotatable bonds is 6. The van der Waals surface area contributed by atoms with Crippen molar-refractivity contribution in [2.45, 2.75) is 25.8 Å². The molecule has 0 unspecified atom stereocenters. The lowest BCUT2D eigenvalue weighted by atomic mass is 10.0. The van der Waals surface area contributed by atoms with Crippen molar-refractivity contribution in [2.75, 3.05) is 12.3 Å². The van der Waals surface area contributed by atoms with Crippen LogP contribution in [0.4, 0.5) is 5.13 Å². The summed E-state index contributed by atoms with van der Waals surface area (Å²) in [5, 5.41) is 16.1. The maximum atomic E-state index is 12.2. The summed E-state index contributed by atoms with van der Waals surface area (Å²) in [5.74, 6) is -0.512. The molecule has 2 amide bonds. The van der Waals surface area contributed by atoms with Crippen molar-refractivity contribution in [3.05, 3.63) is 27.4 Å². The van der Waals surface area contributed by atoms with Crippen LogP contribution in [0, 0.1) is 0 Å². The molecule has 2 aromatic rings. The molecule has 0 aromatic carbocycles. The summed E-state index contributed by atoms with van der Waals surface area (Å²) in [6.07, 6.45) is 0.551. The molecule has 7 nitrogen and oxygen atoms in total. The van der Waals surface area contributed by atoms with Gasteiger partial charge in [0.1, 0.15) is 10.5 Å². The lowest BCUT2D eigenvalue weighted by Gasteiger charge is -2.24. The van der Waals surface area contributed by atoms with Gasteiger partial charge in [-0.15, -0.1) is 21.5 Å². The van der Waals surface area contributed by atoms with Crippen molar-refractivity contribution in [2.24, 2.45) is 0 Å². The summed E-state index contributed by atoms with van der Waals surface area (Å²) in [5.41, 5.74) is 4.49. The number of anilines is 1. The molecule has 22 heavy (non-hydrogen) atoms. The van der Waals surface area contributed by atoms with Gasteiger partial charge in [0.05, 0.1) is 4.88 Å². The largest absolute Gasteiger partial charge is 0.374 e. The van der Waals surface area contributed by atoms with Crippen LogP contribution in [0.5, 0.6) is 0 Å². The maximum absolute atomic E-state index is 12.2. The van der Waals surface area contributed by atoms with Crippen LogP contribution in [0.3, 0.4) is 0 Å². The normalized spacial score (nSPS) is 11.2. The molecule has 2 heterocycles. The smallest absolute Gasteiger partial charge is 0.262 e. The summed E-state index contributed by atoms with van der Waals surface area (Å²) in [6, 6.07) is 3.51. The summed E-state index contributed by atoms with van der Waals surface area (Å²) >= 11 is 2.62. The second-order valence-electron chi connectivity index (χ2n) is 5.10. The minimum Gasteiger partial charge on any atom is -0.374 e. The lowest BCUT2D eigenvalue weighted by Crippen LogP contribution is -2.54. The third-order valence-corrected chi connectivity index (χ3v) is 4.53. The average molecular weight is 339 g/mol. The summed E-state index contributed by atoms with van der Waals surface area (Å²) in [4.78, 5) is 24.8. The maximum Gasteiger partial charge on any atom is 0.262 e. The number of nitrogens with two attached hydrogens (primary N) is 1. The SMILES string of the molecule is CC(C)(NC(=O)c1cccs1)C(=O)NCCc1nnc(N)s1. The van der Waals surface area contributed by atoms with Crippen LogP contribution in [-0.2, 0) is 11.2 Å². The molecule has 0 radical (unpaired) electrons. The minimum absolute atomic E-state index is 0.255. The van der Waals surface area contributed by atoms with Crippen molar-refractivity contribution >= 4 is 39.6 Å². The Kier molecular flexibility index (Phi) is 5.09. The summed E-state index contributed by atoms with van der Waals surface area (Å²) in [6.45, 7) is 3.74. The number of nitrogen functional groups attached to an aromatic ring is 1. The Bertz CT molecular complexity index is 651. The molecule has 0 spiro atoms. The van der Waals surface area contributed by atoms with Gasteiger partial charge in [-0.25, -0.2) is 0 Å². The monoisotopic (exact) mass is 339 g/mol. The Labute approximate surface area is 135 Å². The highest BCUT2D eigenvalue weighted by Gasteiger charge is 2.29. The van der Waals surface area contributed by atoms with Crippen LogP contribution < -0.4 is 16.4 Å². The highest BCUT2D eigenvalue weighted by atomic mass is 32.1. The molecular formula is C13H17N5O2S2. The quantitative estimate of drug-likeness (QED) is 0.728. The van der Waals surface area contributed by atoms with Crippen molar-refractivity contribution in [1.29, 1.82) is 0 Å². The van der Waals surface area contributed by atoms with Crippen LogP contribution in [0.2, 0.25) is 0 Å². The van der Waals surface area contributed by atoms with E-state index in [1.165, 1.54) is 22.7 Å². The number of carbonyl (C=O) groups is 2. The molecule has 0 saturated heterocycles. The van der Waals surface area contributed by atoms with Gasteiger partial charge in [-0.3, -0.25) is 9.59 Å². The van der Waals surface area contributed by atoms with Crippen molar-refractivity contribution in [3.63, 3.8) is 0 Å². The molecular weight excluding hydrogens is 322 g/mol. The molecule has 0 aliphatic rings. The van der Waals surface area contributed by atoms with E-state index in [1.54, 1.807) is 26.0 Å². The number of hydrogen-bond donors (Lipinski definition) is 3. The van der Waals surface area contributed by atoms with Gasteiger partial charge >= 0.3 is 0 Å². The second kappa shape index (κ2) is 6.84. The van der Waals surface area contributed by atoms with E-state index in [-0.39, 0.29) is 11.8 Å². The van der Waals surface area contributed by atoms with E-state index in [1.807, 2.05) is 5.38 Å². The first-order chi connectivity index (χ1) is 10.4. The Hall–Kier alpha value is -2.00. The molecule has 0 aliphatic heterocycles. The summed E-state index contributed by atoms with van der Waals surface area (Å²) in [7, 11) is 0. The van der Waals surface area contributed by atoms with Crippen LogP contribution in [0.1, 0.15) is 28.5 Å². The van der Waals surface area contributed by atoms with E-state index in [9.17, 15) is 9.59 Å². The van der Waals surface area contributed by atoms with Gasteiger partial charge in [0.15, 0.2) is 0 Å². The van der Waals surface area contributed by atoms with Gasteiger partial charge in [-0.2, -0.15) is 0 Å². The van der Waals surface area contributed by atoms with Crippen LogP contribution in [0.15, 0.2) is 17.5 Å². The molecule has 0 bridgehead atoms. The van der Waals surface area contributed by atoms with Gasteiger partial charge in [-0.1, -0.05) is 17.4 Å². The standard InChI is InChI=1S/C13H17N5O2S2/c1-13(2,16-10(19)8-4-3-7-21-8)11(20)15-6-5-9-17-18-12(14)22-9/h3-4,7H,5-6H2,1-2H3,(H2,14,18)(H,15,20)(H,16,19). The number of hydrogen-bond acceptors (Lipinski definition) is 7. The molecule has 0 saturated carbocycles. The lowest BCUT2D eigenvalue weighted by molar-refractivity contribution is -0.126. The molecule has 0 aliphatic carbocycles. The number of nitrogens with zero attached hydrogens (tertiary/aromatic N) is 2. The first-order valence-corrected chi connectivity index (χ1v) is 8.30. The number of amides is 2. The second-order valence-corrected chi connectivity index (χ2v) is 7.14. The third kappa shape index (κ3) is 4.25. The van der Waals surface area contributed by atoms with E-state index in [4.69, 9.17) is 5.73 Å². The Morgan fingerprint density at radius 3 is 2.73 bits per heavy atom. The first kappa shape index (κ1) is 16.4. The van der Waals surface area contributed by atoms with Gasteiger partial charge in [0.2, 0.25) is 11.0 Å². The van der Waals surface area contributed by atoms with E-state index >= 15 is 0 Å². The molecule has 0 atom stereocenters. The van der Waals surface area contributed by atoms with E-state index in [0.29, 0.717) is 23.0 Å². The number of aromatic nitrogens is 2. The minimum atomic E-state index is -0.999. The van der Waals surface area contributed by atoms with E-state index < -0.39 is 5.54 Å². The molecule has 2 aromatic heterocycles. The topological polar surface area (TPSA) is 110 Å². The molecule has 118 valence electrons. The third-order valence-electron chi connectivity index (χ3n) is 2.85. The number of thiophene rings is 1. The highest BCUT2D eigenvalue weighted by molar-refractivity contribution is 7.15. The Balaban J connectivity index is 1.83. The van der Waals surface area contributed by atoms with Gasteiger partial charge in [0.25, 0.3) is 5.91 Å². The predicted molar refractivity (Wildman–Crippen MR) is 86.9 cm³/mol. The van der Waals surface area contributed by atoms with Crippen LogP contribution in [0.25, 0.3) is 0 Å². The summed E-state index contributed by atoms with van der Waals surface area (Å²) < 4.78 is 0. The fraction of sp³-hybridized carbons (Fsp3) is 0.385. The first-order valence-electron chi connectivity index (χ1n) is 6.60. The zero-order valence-electron chi connectivity index (χ0n) is 12.3. The van der Waals surface area contributed by atoms with E-state index in [0.717, 1.165) is 5.01 Å². The van der Waals surface area contributed by atoms with Crippen molar-refractivity contribution < 1.29 is 9.59 Å². The molecule has 2 rings (SSSR count). The average Bonchev–Trinajstić information content (AvgIpc) is 3.09. The zero-order chi connectivity index (χ0) is 16.2. The Morgan fingerprint density at radius 1 is 1.36 bits per heavy atom. The molecule has 0 fully saturated rings. The fourth-order valence-electron chi connectivity index (χ4n) is 1.68. The van der Waals surface area contributed by atoms with E-state index in [2.05, 4.69) is 20.8 Å². The van der Waals surface area contributed by atoms with Crippen molar-refractivity contribution in [1.82, 2.24) is 20.8 Å².